The van der Waals surface area contributed by atoms with Crippen molar-refractivity contribution in [2.24, 2.45) is 0 Å². The molecule has 2 aliphatic rings. The minimum absolute atomic E-state index is 0.647. The molecule has 0 N–H and O–H groups in total. The van der Waals surface area contributed by atoms with Crippen LogP contribution in [-0.4, -0.2) is 44.2 Å². The molecule has 0 radical (unpaired) electrons. The highest BCUT2D eigenvalue weighted by atomic mass is 16.5. The first-order chi connectivity index (χ1) is 11.3. The molecule has 0 amide bonds. The summed E-state index contributed by atoms with van der Waals surface area (Å²) in [5.74, 6) is 0.963. The maximum absolute atomic E-state index is 8.66. The molecule has 0 aliphatic carbocycles. The van der Waals surface area contributed by atoms with E-state index in [2.05, 4.69) is 34.1 Å². The van der Waals surface area contributed by atoms with Crippen molar-refractivity contribution in [3.05, 3.63) is 23.8 Å². The Morgan fingerprint density at radius 1 is 1.26 bits per heavy atom. The van der Waals surface area contributed by atoms with Crippen LogP contribution in [0.5, 0.6) is 5.75 Å². The quantitative estimate of drug-likeness (QED) is 0.783. The predicted molar refractivity (Wildman–Crippen MR) is 93.0 cm³/mol. The summed E-state index contributed by atoms with van der Waals surface area (Å²) >= 11 is 0. The molecule has 1 aromatic carbocycles. The average Bonchev–Trinajstić information content (AvgIpc) is 2.61. The Labute approximate surface area is 139 Å². The lowest BCUT2D eigenvalue weighted by molar-refractivity contribution is 0.206. The molecule has 0 atom stereocenters. The lowest BCUT2D eigenvalue weighted by atomic mass is 9.95. The summed E-state index contributed by atoms with van der Waals surface area (Å²) in [5.41, 5.74) is 2.85. The van der Waals surface area contributed by atoms with Crippen LogP contribution in [0.15, 0.2) is 18.2 Å². The van der Waals surface area contributed by atoms with E-state index in [1.165, 1.54) is 43.5 Å². The number of hydrogen-bond acceptors (Lipinski definition) is 4. The van der Waals surface area contributed by atoms with Gasteiger partial charge in [-0.05, 0) is 50.3 Å². The highest BCUT2D eigenvalue weighted by molar-refractivity contribution is 5.59. The number of likely N-dealkylation sites (tertiary alicyclic amines) is 1. The van der Waals surface area contributed by atoms with Gasteiger partial charge in [-0.15, -0.1) is 0 Å². The third-order valence-electron chi connectivity index (χ3n) is 5.21. The summed E-state index contributed by atoms with van der Waals surface area (Å²) < 4.78 is 5.43. The van der Waals surface area contributed by atoms with E-state index in [0.29, 0.717) is 12.5 Å². The predicted octanol–water partition coefficient (Wildman–Crippen LogP) is 3.22. The molecule has 4 heteroatoms. The lowest BCUT2D eigenvalue weighted by Crippen LogP contribution is -2.47. The van der Waals surface area contributed by atoms with Gasteiger partial charge in [-0.2, -0.15) is 5.26 Å². The second-order valence-electron chi connectivity index (χ2n) is 6.63. The summed E-state index contributed by atoms with van der Waals surface area (Å²) in [6.45, 7) is 4.56. The van der Waals surface area contributed by atoms with Gasteiger partial charge in [0.2, 0.25) is 0 Å². The number of unbranched alkanes of at least 4 members (excludes halogenated alkanes) is 1. The standard InChI is InChI=1S/C19H27N3O/c1-23-18-7-6-16-5-4-12-22(19(16)15-18)17-8-13-21(14-9-17)11-3-2-10-20/h6-7,15,17H,2-5,8-9,11-14H2,1H3. The van der Waals surface area contributed by atoms with Crippen molar-refractivity contribution in [2.45, 2.75) is 44.6 Å². The normalized spacial score (nSPS) is 19.2. The molecule has 2 heterocycles. The molecule has 1 aromatic rings. The molecule has 0 aromatic heterocycles. The number of benzene rings is 1. The van der Waals surface area contributed by atoms with Crippen molar-refractivity contribution in [3.63, 3.8) is 0 Å². The second kappa shape index (κ2) is 7.70. The van der Waals surface area contributed by atoms with Gasteiger partial charge >= 0.3 is 0 Å². The highest BCUT2D eigenvalue weighted by Crippen LogP contribution is 2.34. The number of aryl methyl sites for hydroxylation is 1. The van der Waals surface area contributed by atoms with Crippen molar-refractivity contribution in [2.75, 3.05) is 38.2 Å². The lowest BCUT2D eigenvalue weighted by Gasteiger charge is -2.42. The van der Waals surface area contributed by atoms with Crippen LogP contribution >= 0.6 is 0 Å². The third kappa shape index (κ3) is 3.79. The average molecular weight is 313 g/mol. The fourth-order valence-corrected chi connectivity index (χ4v) is 3.93. The van der Waals surface area contributed by atoms with Crippen LogP contribution in [0.3, 0.4) is 0 Å². The van der Waals surface area contributed by atoms with E-state index in [0.717, 1.165) is 31.8 Å². The van der Waals surface area contributed by atoms with Gasteiger partial charge in [0.1, 0.15) is 5.75 Å². The first-order valence-corrected chi connectivity index (χ1v) is 8.84. The molecule has 0 saturated carbocycles. The van der Waals surface area contributed by atoms with E-state index >= 15 is 0 Å². The van der Waals surface area contributed by atoms with Crippen molar-refractivity contribution in [1.82, 2.24) is 4.90 Å². The van der Waals surface area contributed by atoms with E-state index in [1.807, 2.05) is 0 Å². The van der Waals surface area contributed by atoms with Crippen LogP contribution in [0, 0.1) is 11.3 Å². The summed E-state index contributed by atoms with van der Waals surface area (Å²) in [7, 11) is 1.74. The maximum atomic E-state index is 8.66. The summed E-state index contributed by atoms with van der Waals surface area (Å²) in [5, 5.41) is 8.66. The highest BCUT2D eigenvalue weighted by Gasteiger charge is 2.28. The van der Waals surface area contributed by atoms with Crippen LogP contribution in [0.25, 0.3) is 0 Å². The Kier molecular flexibility index (Phi) is 5.40. The molecule has 1 saturated heterocycles. The molecule has 1 fully saturated rings. The molecular weight excluding hydrogens is 286 g/mol. The number of hydrogen-bond donors (Lipinski definition) is 0. The van der Waals surface area contributed by atoms with Crippen molar-refractivity contribution >= 4 is 5.69 Å². The number of piperidine rings is 1. The number of fused-ring (bicyclic) bond motifs is 1. The minimum atomic E-state index is 0.647. The first-order valence-electron chi connectivity index (χ1n) is 8.84. The number of nitriles is 1. The molecule has 0 unspecified atom stereocenters. The van der Waals surface area contributed by atoms with Gasteiger partial charge in [-0.1, -0.05) is 6.07 Å². The smallest absolute Gasteiger partial charge is 0.120 e. The van der Waals surface area contributed by atoms with Gasteiger partial charge in [-0.3, -0.25) is 0 Å². The Morgan fingerprint density at radius 3 is 2.83 bits per heavy atom. The van der Waals surface area contributed by atoms with Crippen LogP contribution < -0.4 is 9.64 Å². The zero-order valence-corrected chi connectivity index (χ0v) is 14.1. The van der Waals surface area contributed by atoms with E-state index in [-0.39, 0.29) is 0 Å². The van der Waals surface area contributed by atoms with Crippen molar-refractivity contribution in [1.29, 1.82) is 5.26 Å². The molecule has 4 nitrogen and oxygen atoms in total. The van der Waals surface area contributed by atoms with Crippen molar-refractivity contribution < 1.29 is 4.74 Å². The third-order valence-corrected chi connectivity index (χ3v) is 5.21. The Balaban J connectivity index is 1.62. The fourth-order valence-electron chi connectivity index (χ4n) is 3.93. The zero-order valence-electron chi connectivity index (χ0n) is 14.1. The second-order valence-corrected chi connectivity index (χ2v) is 6.63. The fraction of sp³-hybridized carbons (Fsp3) is 0.632. The summed E-state index contributed by atoms with van der Waals surface area (Å²) in [6.07, 6.45) is 6.57. The molecule has 124 valence electrons. The Hall–Kier alpha value is -1.73. The number of ether oxygens (including phenoxy) is 1. The number of nitrogens with zero attached hydrogens (tertiary/aromatic N) is 3. The van der Waals surface area contributed by atoms with Crippen molar-refractivity contribution in [3.8, 4) is 11.8 Å². The van der Waals surface area contributed by atoms with E-state index in [1.54, 1.807) is 7.11 Å². The SMILES string of the molecule is COc1ccc2c(c1)N(C1CCN(CCCC#N)CC1)CCC2. The monoisotopic (exact) mass is 313 g/mol. The largest absolute Gasteiger partial charge is 0.497 e. The zero-order chi connectivity index (χ0) is 16.1. The van der Waals surface area contributed by atoms with E-state index < -0.39 is 0 Å². The molecule has 23 heavy (non-hydrogen) atoms. The topological polar surface area (TPSA) is 39.5 Å². The van der Waals surface area contributed by atoms with Gasteiger partial charge in [0, 0.05) is 43.9 Å². The van der Waals surface area contributed by atoms with Crippen LogP contribution in [0.1, 0.15) is 37.7 Å². The number of anilines is 1. The molecule has 0 bridgehead atoms. The molecule has 0 spiro atoms. The molecular formula is C19H27N3O. The van der Waals surface area contributed by atoms with Gasteiger partial charge in [0.15, 0.2) is 0 Å². The van der Waals surface area contributed by atoms with Crippen LogP contribution in [0.2, 0.25) is 0 Å². The molecule has 3 rings (SSSR count). The molecule has 2 aliphatic heterocycles. The van der Waals surface area contributed by atoms with Crippen LogP contribution in [-0.2, 0) is 6.42 Å². The first kappa shape index (κ1) is 16.1. The van der Waals surface area contributed by atoms with E-state index in [4.69, 9.17) is 10.00 Å². The Bertz CT molecular complexity index is 558. The summed E-state index contributed by atoms with van der Waals surface area (Å²) in [4.78, 5) is 5.14. The summed E-state index contributed by atoms with van der Waals surface area (Å²) in [6, 6.07) is 9.42. The van der Waals surface area contributed by atoms with E-state index in [9.17, 15) is 0 Å². The number of methoxy groups -OCH3 is 1. The maximum Gasteiger partial charge on any atom is 0.120 e. The Morgan fingerprint density at radius 2 is 2.09 bits per heavy atom. The minimum Gasteiger partial charge on any atom is -0.497 e. The van der Waals surface area contributed by atoms with Gasteiger partial charge in [-0.25, -0.2) is 0 Å². The van der Waals surface area contributed by atoms with Gasteiger partial charge < -0.3 is 14.5 Å². The van der Waals surface area contributed by atoms with Gasteiger partial charge in [0.05, 0.1) is 13.2 Å². The number of rotatable bonds is 5. The van der Waals surface area contributed by atoms with Gasteiger partial charge in [0.25, 0.3) is 0 Å². The van der Waals surface area contributed by atoms with Crippen LogP contribution in [0.4, 0.5) is 5.69 Å².